The van der Waals surface area contributed by atoms with E-state index in [0.29, 0.717) is 5.92 Å². The van der Waals surface area contributed by atoms with Crippen LogP contribution >= 0.6 is 15.9 Å². The fraction of sp³-hybridized carbons (Fsp3) is 0.242. The average Bonchev–Trinajstić information content (AvgIpc) is 3.50. The highest BCUT2D eigenvalue weighted by Gasteiger charge is 2.42. The molecular formula is C33H31BrN4. The number of hydrogen-bond donors (Lipinski definition) is 0. The van der Waals surface area contributed by atoms with Crippen LogP contribution in [0.5, 0.6) is 0 Å². The maximum atomic E-state index is 5.23. The zero-order valence-electron chi connectivity index (χ0n) is 21.3. The lowest BCUT2D eigenvalue weighted by atomic mass is 9.75. The molecule has 0 amide bonds. The third kappa shape index (κ3) is 4.49. The Morgan fingerprint density at radius 1 is 0.658 bits per heavy atom. The van der Waals surface area contributed by atoms with Crippen molar-refractivity contribution in [3.63, 3.8) is 0 Å². The summed E-state index contributed by atoms with van der Waals surface area (Å²) in [6.07, 6.45) is 4.65. The fourth-order valence-corrected chi connectivity index (χ4v) is 6.47. The number of rotatable bonds is 7. The Hall–Kier alpha value is -3.57. The normalized spacial score (nSPS) is 17.8. The van der Waals surface area contributed by atoms with Crippen LogP contribution in [-0.2, 0) is 10.9 Å². The van der Waals surface area contributed by atoms with Gasteiger partial charge in [-0.2, -0.15) is 0 Å². The van der Waals surface area contributed by atoms with Crippen molar-refractivity contribution in [2.75, 3.05) is 0 Å². The van der Waals surface area contributed by atoms with E-state index >= 15 is 0 Å². The molecule has 6 rings (SSSR count). The van der Waals surface area contributed by atoms with Gasteiger partial charge in [-0.3, -0.25) is 0 Å². The summed E-state index contributed by atoms with van der Waals surface area (Å²) < 4.78 is 0. The van der Waals surface area contributed by atoms with Crippen molar-refractivity contribution >= 4 is 15.9 Å². The molecule has 190 valence electrons. The number of benzene rings is 4. The molecule has 0 saturated heterocycles. The molecule has 1 heterocycles. The van der Waals surface area contributed by atoms with E-state index in [1.807, 2.05) is 4.80 Å². The van der Waals surface area contributed by atoms with Crippen LogP contribution in [0.4, 0.5) is 0 Å². The highest BCUT2D eigenvalue weighted by atomic mass is 79.9. The number of hydrogen-bond acceptors (Lipinski definition) is 3. The van der Waals surface area contributed by atoms with E-state index in [1.165, 1.54) is 24.0 Å². The van der Waals surface area contributed by atoms with Gasteiger partial charge in [0, 0.05) is 11.2 Å². The molecule has 1 fully saturated rings. The first kappa shape index (κ1) is 24.7. The van der Waals surface area contributed by atoms with Gasteiger partial charge in [-0.25, -0.2) is 0 Å². The van der Waals surface area contributed by atoms with Crippen LogP contribution in [0.1, 0.15) is 71.2 Å². The topological polar surface area (TPSA) is 43.6 Å². The molecule has 1 saturated carbocycles. The largest absolute Gasteiger partial charge is 0.178 e. The molecule has 38 heavy (non-hydrogen) atoms. The number of alkyl halides is 1. The van der Waals surface area contributed by atoms with Crippen LogP contribution in [-0.4, -0.2) is 20.2 Å². The first-order chi connectivity index (χ1) is 18.8. The van der Waals surface area contributed by atoms with Gasteiger partial charge in [-0.05, 0) is 51.8 Å². The molecule has 4 nitrogen and oxygen atoms in total. The maximum absolute atomic E-state index is 5.23. The Labute approximate surface area is 232 Å². The second-order valence-electron chi connectivity index (χ2n) is 10.1. The molecule has 1 aliphatic carbocycles. The van der Waals surface area contributed by atoms with Gasteiger partial charge in [0.1, 0.15) is 0 Å². The Balaban J connectivity index is 1.50. The number of aromatic nitrogens is 4. The van der Waals surface area contributed by atoms with Crippen LogP contribution < -0.4 is 0 Å². The van der Waals surface area contributed by atoms with E-state index in [0.717, 1.165) is 40.7 Å². The second-order valence-corrected chi connectivity index (χ2v) is 10.7. The molecule has 5 aromatic rings. The number of nitrogens with zero attached hydrogens (tertiary/aromatic N) is 4. The van der Waals surface area contributed by atoms with Gasteiger partial charge in [-0.15, -0.1) is 15.0 Å². The second kappa shape index (κ2) is 11.0. The molecule has 0 bridgehead atoms. The standard InChI is InChI=1S/C33H31BrN4/c34-24-25-20-22-26(23-21-25)30-18-10-11-19-31(30)32-35-37-38(36-32)33(27-12-4-1-5-13-27,28-14-6-2-7-15-28)29-16-8-3-9-17-29/h1-9,12-17,20-23,30-31H,10-11,18-19,24H2. The molecule has 2 unspecified atom stereocenters. The van der Waals surface area contributed by atoms with Crippen molar-refractivity contribution in [2.24, 2.45) is 0 Å². The molecule has 0 spiro atoms. The van der Waals surface area contributed by atoms with E-state index in [4.69, 9.17) is 15.4 Å². The van der Waals surface area contributed by atoms with E-state index < -0.39 is 5.54 Å². The first-order valence-corrected chi connectivity index (χ1v) is 14.5. The van der Waals surface area contributed by atoms with Gasteiger partial charge in [0.25, 0.3) is 0 Å². The average molecular weight is 564 g/mol. The van der Waals surface area contributed by atoms with Gasteiger partial charge in [0.05, 0.1) is 0 Å². The highest BCUT2D eigenvalue weighted by Crippen LogP contribution is 2.44. The molecule has 4 aromatic carbocycles. The van der Waals surface area contributed by atoms with Crippen molar-refractivity contribution in [3.05, 3.63) is 149 Å². The molecule has 0 N–H and O–H groups in total. The van der Waals surface area contributed by atoms with Gasteiger partial charge >= 0.3 is 0 Å². The Kier molecular flexibility index (Phi) is 7.19. The molecule has 5 heteroatoms. The predicted octanol–water partition coefficient (Wildman–Crippen LogP) is 7.85. The predicted molar refractivity (Wildman–Crippen MR) is 155 cm³/mol. The summed E-state index contributed by atoms with van der Waals surface area (Å²) in [5.41, 5.74) is 5.24. The van der Waals surface area contributed by atoms with Crippen molar-refractivity contribution < 1.29 is 0 Å². The summed E-state index contributed by atoms with van der Waals surface area (Å²) in [7, 11) is 0. The minimum atomic E-state index is -0.739. The van der Waals surface area contributed by atoms with E-state index in [9.17, 15) is 0 Å². The molecule has 0 radical (unpaired) electrons. The van der Waals surface area contributed by atoms with Crippen molar-refractivity contribution in [3.8, 4) is 0 Å². The molecule has 2 atom stereocenters. The zero-order valence-corrected chi connectivity index (χ0v) is 22.9. The summed E-state index contributed by atoms with van der Waals surface area (Å²) in [6.45, 7) is 0. The summed E-state index contributed by atoms with van der Waals surface area (Å²) in [5, 5.41) is 15.7. The molecular weight excluding hydrogens is 532 g/mol. The Morgan fingerprint density at radius 3 is 1.66 bits per heavy atom. The lowest BCUT2D eigenvalue weighted by molar-refractivity contribution is 0.363. The van der Waals surface area contributed by atoms with Crippen LogP contribution in [0.2, 0.25) is 0 Å². The van der Waals surface area contributed by atoms with Crippen molar-refractivity contribution in [1.82, 2.24) is 20.2 Å². The SMILES string of the molecule is BrCc1ccc(C2CCCCC2c2nnn(C(c3ccccc3)(c3ccccc3)c3ccccc3)n2)cc1. The maximum Gasteiger partial charge on any atom is 0.178 e. The van der Waals surface area contributed by atoms with Crippen molar-refractivity contribution in [2.45, 2.75) is 48.4 Å². The van der Waals surface area contributed by atoms with Crippen LogP contribution in [0.15, 0.2) is 115 Å². The van der Waals surface area contributed by atoms with Crippen LogP contribution in [0.25, 0.3) is 0 Å². The zero-order chi connectivity index (χ0) is 25.8. The van der Waals surface area contributed by atoms with Gasteiger partial charge in [0.15, 0.2) is 11.4 Å². The summed E-state index contributed by atoms with van der Waals surface area (Å²) in [5.74, 6) is 1.48. The Morgan fingerprint density at radius 2 is 1.16 bits per heavy atom. The van der Waals surface area contributed by atoms with Gasteiger partial charge in [-0.1, -0.05) is 144 Å². The monoisotopic (exact) mass is 562 g/mol. The van der Waals surface area contributed by atoms with Crippen LogP contribution in [0, 0.1) is 0 Å². The minimum Gasteiger partial charge on any atom is -0.144 e. The Bertz CT molecular complexity index is 1350. The molecule has 1 aromatic heterocycles. The van der Waals surface area contributed by atoms with Gasteiger partial charge < -0.3 is 0 Å². The van der Waals surface area contributed by atoms with Crippen molar-refractivity contribution in [1.29, 1.82) is 0 Å². The van der Waals surface area contributed by atoms with Gasteiger partial charge in [0.2, 0.25) is 0 Å². The lowest BCUT2D eigenvalue weighted by Gasteiger charge is -2.34. The minimum absolute atomic E-state index is 0.243. The summed E-state index contributed by atoms with van der Waals surface area (Å²) in [6, 6.07) is 40.7. The summed E-state index contributed by atoms with van der Waals surface area (Å²) in [4.78, 5) is 1.86. The number of halogens is 1. The van der Waals surface area contributed by atoms with Crippen LogP contribution in [0.3, 0.4) is 0 Å². The smallest absolute Gasteiger partial charge is 0.144 e. The molecule has 1 aliphatic rings. The van der Waals surface area contributed by atoms with E-state index in [2.05, 4.69) is 131 Å². The quantitative estimate of drug-likeness (QED) is 0.150. The third-order valence-electron chi connectivity index (χ3n) is 7.96. The van der Waals surface area contributed by atoms with E-state index in [-0.39, 0.29) is 5.92 Å². The third-order valence-corrected chi connectivity index (χ3v) is 8.61. The highest BCUT2D eigenvalue weighted by molar-refractivity contribution is 9.08. The van der Waals surface area contributed by atoms with E-state index in [1.54, 1.807) is 0 Å². The first-order valence-electron chi connectivity index (χ1n) is 13.4. The summed E-state index contributed by atoms with van der Waals surface area (Å²) >= 11 is 3.57. The number of tetrazole rings is 1. The molecule has 0 aliphatic heterocycles. The fourth-order valence-electron chi connectivity index (χ4n) is 6.09. The lowest BCUT2D eigenvalue weighted by Crippen LogP contribution is -2.39.